The molecular weight excluding hydrogens is 306 g/mol. The molecular formula is C18H27N3O3. The monoisotopic (exact) mass is 333 g/mol. The summed E-state index contributed by atoms with van der Waals surface area (Å²) >= 11 is 0. The lowest BCUT2D eigenvalue weighted by molar-refractivity contribution is -0.132. The van der Waals surface area contributed by atoms with Crippen molar-refractivity contribution in [1.29, 1.82) is 0 Å². The standard InChI is InChI=1S/C18H27N3O3/c1-13(19)8-9-17(22)21-10-4-6-15(21)12-20-18(23)14-5-3-7-16(11-14)24-2/h3,5,7,11,13,15H,4,6,8-10,12,19H2,1-2H3,(H,20,23)/t13?,15-/m0/s1. The Morgan fingerprint density at radius 1 is 1.46 bits per heavy atom. The summed E-state index contributed by atoms with van der Waals surface area (Å²) in [5.41, 5.74) is 6.28. The molecule has 2 rings (SSSR count). The van der Waals surface area contributed by atoms with Crippen LogP contribution in [0.25, 0.3) is 0 Å². The third kappa shape index (κ3) is 4.96. The van der Waals surface area contributed by atoms with Crippen LogP contribution >= 0.6 is 0 Å². The lowest BCUT2D eigenvalue weighted by Crippen LogP contribution is -2.43. The van der Waals surface area contributed by atoms with Crippen molar-refractivity contribution >= 4 is 11.8 Å². The molecule has 1 aliphatic heterocycles. The van der Waals surface area contributed by atoms with Crippen molar-refractivity contribution in [3.63, 3.8) is 0 Å². The molecule has 1 heterocycles. The van der Waals surface area contributed by atoms with Crippen LogP contribution in [0.1, 0.15) is 43.0 Å². The number of carbonyl (C=O) groups excluding carboxylic acids is 2. The van der Waals surface area contributed by atoms with E-state index in [1.54, 1.807) is 31.4 Å². The molecule has 132 valence electrons. The van der Waals surface area contributed by atoms with E-state index in [1.165, 1.54) is 0 Å². The summed E-state index contributed by atoms with van der Waals surface area (Å²) in [6.07, 6.45) is 3.06. The van der Waals surface area contributed by atoms with E-state index in [0.29, 0.717) is 30.7 Å². The zero-order valence-electron chi connectivity index (χ0n) is 14.5. The van der Waals surface area contributed by atoms with Gasteiger partial charge in [-0.1, -0.05) is 6.07 Å². The van der Waals surface area contributed by atoms with Gasteiger partial charge in [-0.3, -0.25) is 9.59 Å². The molecule has 0 spiro atoms. The maximum Gasteiger partial charge on any atom is 0.251 e. The van der Waals surface area contributed by atoms with Gasteiger partial charge in [-0.15, -0.1) is 0 Å². The van der Waals surface area contributed by atoms with Gasteiger partial charge in [0.2, 0.25) is 5.91 Å². The fourth-order valence-corrected chi connectivity index (χ4v) is 2.95. The Kier molecular flexibility index (Phi) is 6.61. The van der Waals surface area contributed by atoms with E-state index in [4.69, 9.17) is 10.5 Å². The third-order valence-electron chi connectivity index (χ3n) is 4.34. The largest absolute Gasteiger partial charge is 0.497 e. The van der Waals surface area contributed by atoms with E-state index < -0.39 is 0 Å². The summed E-state index contributed by atoms with van der Waals surface area (Å²) < 4.78 is 5.13. The second-order valence-corrected chi connectivity index (χ2v) is 6.34. The Labute approximate surface area is 143 Å². The van der Waals surface area contributed by atoms with Crippen LogP contribution in [0.5, 0.6) is 5.75 Å². The first-order valence-electron chi connectivity index (χ1n) is 8.48. The Hall–Kier alpha value is -2.08. The number of rotatable bonds is 7. The summed E-state index contributed by atoms with van der Waals surface area (Å²) in [6.45, 7) is 3.14. The van der Waals surface area contributed by atoms with Gasteiger partial charge in [0, 0.05) is 37.2 Å². The van der Waals surface area contributed by atoms with Crippen LogP contribution in [-0.2, 0) is 4.79 Å². The second kappa shape index (κ2) is 8.68. The van der Waals surface area contributed by atoms with Gasteiger partial charge in [-0.25, -0.2) is 0 Å². The summed E-state index contributed by atoms with van der Waals surface area (Å²) in [7, 11) is 1.57. The van der Waals surface area contributed by atoms with Crippen molar-refractivity contribution in [2.75, 3.05) is 20.2 Å². The van der Waals surface area contributed by atoms with Crippen LogP contribution in [0.4, 0.5) is 0 Å². The maximum atomic E-state index is 12.3. The van der Waals surface area contributed by atoms with Gasteiger partial charge in [0.25, 0.3) is 5.91 Å². The first-order valence-corrected chi connectivity index (χ1v) is 8.48. The van der Waals surface area contributed by atoms with E-state index in [9.17, 15) is 9.59 Å². The molecule has 0 aromatic heterocycles. The van der Waals surface area contributed by atoms with Gasteiger partial charge >= 0.3 is 0 Å². The molecule has 0 aliphatic carbocycles. The zero-order chi connectivity index (χ0) is 17.5. The van der Waals surface area contributed by atoms with Crippen molar-refractivity contribution in [1.82, 2.24) is 10.2 Å². The van der Waals surface area contributed by atoms with E-state index >= 15 is 0 Å². The SMILES string of the molecule is COc1cccc(C(=O)NC[C@@H]2CCCN2C(=O)CCC(C)N)c1. The van der Waals surface area contributed by atoms with Crippen molar-refractivity contribution in [2.24, 2.45) is 5.73 Å². The summed E-state index contributed by atoms with van der Waals surface area (Å²) in [4.78, 5) is 26.5. The lowest BCUT2D eigenvalue weighted by Gasteiger charge is -2.25. The minimum absolute atomic E-state index is 0.0303. The molecule has 3 N–H and O–H groups in total. The van der Waals surface area contributed by atoms with Crippen LogP contribution in [0, 0.1) is 0 Å². The number of likely N-dealkylation sites (tertiary alicyclic amines) is 1. The minimum atomic E-state index is -0.149. The van der Waals surface area contributed by atoms with Crippen molar-refractivity contribution in [2.45, 2.75) is 44.7 Å². The Balaban J connectivity index is 1.87. The number of amides is 2. The first kappa shape index (κ1) is 18.3. The van der Waals surface area contributed by atoms with Crippen LogP contribution in [0.2, 0.25) is 0 Å². The number of nitrogens with zero attached hydrogens (tertiary/aromatic N) is 1. The van der Waals surface area contributed by atoms with Gasteiger partial charge < -0.3 is 20.7 Å². The maximum absolute atomic E-state index is 12.3. The van der Waals surface area contributed by atoms with Crippen LogP contribution in [0.15, 0.2) is 24.3 Å². The second-order valence-electron chi connectivity index (χ2n) is 6.34. The number of methoxy groups -OCH3 is 1. The fraction of sp³-hybridized carbons (Fsp3) is 0.556. The van der Waals surface area contributed by atoms with Crippen LogP contribution in [0.3, 0.4) is 0 Å². The van der Waals surface area contributed by atoms with E-state index in [0.717, 1.165) is 19.4 Å². The lowest BCUT2D eigenvalue weighted by atomic mass is 10.1. The molecule has 2 atom stereocenters. The Morgan fingerprint density at radius 2 is 2.25 bits per heavy atom. The predicted molar refractivity (Wildman–Crippen MR) is 92.9 cm³/mol. The Bertz CT molecular complexity index is 574. The average molecular weight is 333 g/mol. The molecule has 1 saturated heterocycles. The highest BCUT2D eigenvalue weighted by Crippen LogP contribution is 2.19. The number of benzene rings is 1. The molecule has 6 nitrogen and oxygen atoms in total. The topological polar surface area (TPSA) is 84.7 Å². The predicted octanol–water partition coefficient (Wildman–Crippen LogP) is 1.54. The van der Waals surface area contributed by atoms with Gasteiger partial charge in [0.1, 0.15) is 5.75 Å². The number of nitrogens with two attached hydrogens (primary N) is 1. The molecule has 0 radical (unpaired) electrons. The van der Waals surface area contributed by atoms with Crippen molar-refractivity contribution < 1.29 is 14.3 Å². The van der Waals surface area contributed by atoms with Gasteiger partial charge in [0.15, 0.2) is 0 Å². The number of nitrogens with one attached hydrogen (secondary N) is 1. The van der Waals surface area contributed by atoms with Gasteiger partial charge in [0.05, 0.1) is 7.11 Å². The van der Waals surface area contributed by atoms with Crippen LogP contribution < -0.4 is 15.8 Å². The third-order valence-corrected chi connectivity index (χ3v) is 4.34. The minimum Gasteiger partial charge on any atom is -0.497 e. The molecule has 1 fully saturated rings. The number of ether oxygens (including phenoxy) is 1. The van der Waals surface area contributed by atoms with E-state index in [1.807, 2.05) is 11.8 Å². The van der Waals surface area contributed by atoms with Gasteiger partial charge in [-0.05, 0) is 44.4 Å². The summed E-state index contributed by atoms with van der Waals surface area (Å²) in [5.74, 6) is 0.630. The molecule has 2 amide bonds. The van der Waals surface area contributed by atoms with Gasteiger partial charge in [-0.2, -0.15) is 0 Å². The highest BCUT2D eigenvalue weighted by atomic mass is 16.5. The van der Waals surface area contributed by atoms with Crippen molar-refractivity contribution in [3.8, 4) is 5.75 Å². The smallest absolute Gasteiger partial charge is 0.251 e. The van der Waals surface area contributed by atoms with E-state index in [2.05, 4.69) is 5.32 Å². The van der Waals surface area contributed by atoms with Crippen molar-refractivity contribution in [3.05, 3.63) is 29.8 Å². The van der Waals surface area contributed by atoms with Crippen LogP contribution in [-0.4, -0.2) is 49.0 Å². The zero-order valence-corrected chi connectivity index (χ0v) is 14.5. The first-order chi connectivity index (χ1) is 11.5. The molecule has 1 aliphatic rings. The summed E-state index contributed by atoms with van der Waals surface area (Å²) in [5, 5.41) is 2.93. The van der Waals surface area contributed by atoms with E-state index in [-0.39, 0.29) is 23.9 Å². The fourth-order valence-electron chi connectivity index (χ4n) is 2.95. The molecule has 1 aromatic carbocycles. The molecule has 0 bridgehead atoms. The molecule has 24 heavy (non-hydrogen) atoms. The highest BCUT2D eigenvalue weighted by molar-refractivity contribution is 5.94. The quantitative estimate of drug-likeness (QED) is 0.793. The number of hydrogen-bond acceptors (Lipinski definition) is 4. The Morgan fingerprint density at radius 3 is 2.96 bits per heavy atom. The molecule has 0 saturated carbocycles. The highest BCUT2D eigenvalue weighted by Gasteiger charge is 2.28. The molecule has 1 aromatic rings. The normalized spacial score (nSPS) is 18.3. The number of hydrogen-bond donors (Lipinski definition) is 2. The summed E-state index contributed by atoms with van der Waals surface area (Å²) in [6, 6.07) is 7.13. The average Bonchev–Trinajstić information content (AvgIpc) is 3.06. The molecule has 1 unspecified atom stereocenters. The number of carbonyl (C=O) groups is 2. The molecule has 6 heteroatoms.